The number of halogens is 1. The van der Waals surface area contributed by atoms with E-state index >= 15 is 0 Å². The van der Waals surface area contributed by atoms with E-state index in [2.05, 4.69) is 25.4 Å². The summed E-state index contributed by atoms with van der Waals surface area (Å²) in [7, 11) is -2.73. The highest BCUT2D eigenvalue weighted by Gasteiger charge is 2.18. The van der Waals surface area contributed by atoms with Crippen molar-refractivity contribution in [3.63, 3.8) is 0 Å². The summed E-state index contributed by atoms with van der Waals surface area (Å²) in [6, 6.07) is -0.253. The highest BCUT2D eigenvalue weighted by Crippen LogP contribution is 1.97. The second-order valence-electron chi connectivity index (χ2n) is 2.47. The number of nitrogens with one attached hydrogen (secondary N) is 2. The molecule has 0 radical (unpaired) electrons. The van der Waals surface area contributed by atoms with Crippen LogP contribution in [0.4, 0.5) is 4.79 Å². The highest BCUT2D eigenvalue weighted by atomic mass is 79.9. The third-order valence-electron chi connectivity index (χ3n) is 1.40. The van der Waals surface area contributed by atoms with Crippen LogP contribution in [0.25, 0.3) is 0 Å². The molecule has 0 saturated heterocycles. The number of amides is 1. The van der Waals surface area contributed by atoms with Crippen molar-refractivity contribution in [2.75, 3.05) is 12.4 Å². The molecule has 0 aliphatic rings. The molecule has 14 heavy (non-hydrogen) atoms. The van der Waals surface area contributed by atoms with Gasteiger partial charge < -0.3 is 4.74 Å². The second kappa shape index (κ2) is 6.20. The Morgan fingerprint density at radius 2 is 2.14 bits per heavy atom. The molecule has 2 N–H and O–H groups in total. The Labute approximate surface area is 91.7 Å². The van der Waals surface area contributed by atoms with Crippen LogP contribution in [0, 0.1) is 0 Å². The van der Waals surface area contributed by atoms with Crippen molar-refractivity contribution in [1.29, 1.82) is 0 Å². The molecule has 1 amide bonds. The van der Waals surface area contributed by atoms with Crippen molar-refractivity contribution < 1.29 is 17.9 Å². The van der Waals surface area contributed by atoms with Crippen LogP contribution in [0.15, 0.2) is 0 Å². The lowest BCUT2D eigenvalue weighted by Crippen LogP contribution is -2.45. The van der Waals surface area contributed by atoms with Gasteiger partial charge in [-0.3, -0.25) is 0 Å². The van der Waals surface area contributed by atoms with Crippen LogP contribution in [0.2, 0.25) is 0 Å². The molecule has 0 fully saturated rings. The zero-order valence-electron chi connectivity index (χ0n) is 7.91. The number of carbonyl (C=O) groups is 1. The normalized spacial score (nSPS) is 13.4. The Balaban J connectivity index is 4.27. The van der Waals surface area contributed by atoms with Crippen molar-refractivity contribution in [3.05, 3.63) is 0 Å². The fourth-order valence-corrected chi connectivity index (χ4v) is 2.51. The van der Waals surface area contributed by atoms with Crippen LogP contribution in [-0.2, 0) is 14.9 Å². The summed E-state index contributed by atoms with van der Waals surface area (Å²) in [5, 5.41) is 0.478. The molecule has 0 heterocycles. The lowest BCUT2D eigenvalue weighted by molar-refractivity contribution is 0.177. The van der Waals surface area contributed by atoms with Gasteiger partial charge in [0.2, 0.25) is 0 Å². The Morgan fingerprint density at radius 1 is 1.57 bits per heavy atom. The van der Waals surface area contributed by atoms with E-state index in [1.165, 1.54) is 0 Å². The number of methoxy groups -OCH3 is 1. The average Bonchev–Trinajstić information content (AvgIpc) is 2.13. The zero-order chi connectivity index (χ0) is 11.2. The first-order chi connectivity index (χ1) is 6.45. The highest BCUT2D eigenvalue weighted by molar-refractivity contribution is 9.09. The van der Waals surface area contributed by atoms with Gasteiger partial charge in [0.25, 0.3) is 0 Å². The van der Waals surface area contributed by atoms with Gasteiger partial charge in [0, 0.05) is 11.4 Å². The minimum atomic E-state index is -3.82. The van der Waals surface area contributed by atoms with Gasteiger partial charge >= 0.3 is 16.3 Å². The summed E-state index contributed by atoms with van der Waals surface area (Å²) in [4.78, 5) is 10.6. The molecule has 0 saturated carbocycles. The van der Waals surface area contributed by atoms with Crippen molar-refractivity contribution >= 4 is 32.2 Å². The molecule has 84 valence electrons. The lowest BCUT2D eigenvalue weighted by atomic mass is 10.3. The van der Waals surface area contributed by atoms with E-state index in [-0.39, 0.29) is 6.04 Å². The quantitative estimate of drug-likeness (QED) is 0.715. The van der Waals surface area contributed by atoms with Crippen molar-refractivity contribution in [2.24, 2.45) is 0 Å². The van der Waals surface area contributed by atoms with E-state index in [4.69, 9.17) is 0 Å². The molecular weight excluding hydrogens is 276 g/mol. The Hall–Kier alpha value is -0.340. The average molecular weight is 289 g/mol. The van der Waals surface area contributed by atoms with E-state index in [1.54, 1.807) is 4.72 Å². The topological polar surface area (TPSA) is 84.5 Å². The first-order valence-electron chi connectivity index (χ1n) is 3.89. The second-order valence-corrected chi connectivity index (χ2v) is 4.57. The molecule has 8 heteroatoms. The van der Waals surface area contributed by atoms with E-state index in [0.717, 1.165) is 7.11 Å². The van der Waals surface area contributed by atoms with Gasteiger partial charge in [-0.25, -0.2) is 9.52 Å². The predicted molar refractivity (Wildman–Crippen MR) is 55.5 cm³/mol. The zero-order valence-corrected chi connectivity index (χ0v) is 10.3. The third kappa shape index (κ3) is 5.40. The van der Waals surface area contributed by atoms with Crippen LogP contribution >= 0.6 is 15.9 Å². The smallest absolute Gasteiger partial charge is 0.421 e. The Kier molecular flexibility index (Phi) is 6.05. The monoisotopic (exact) mass is 288 g/mol. The molecule has 1 atom stereocenters. The Bertz CT molecular complexity index is 276. The molecule has 0 aliphatic carbocycles. The van der Waals surface area contributed by atoms with Crippen LogP contribution < -0.4 is 9.44 Å². The maximum absolute atomic E-state index is 11.2. The molecule has 0 rings (SSSR count). The van der Waals surface area contributed by atoms with Gasteiger partial charge in [-0.05, 0) is 6.42 Å². The molecule has 0 aromatic heterocycles. The molecule has 6 nitrogen and oxygen atoms in total. The maximum atomic E-state index is 11.2. The minimum Gasteiger partial charge on any atom is -0.452 e. The van der Waals surface area contributed by atoms with E-state index < -0.39 is 16.3 Å². The summed E-state index contributed by atoms with van der Waals surface area (Å²) in [5.41, 5.74) is 0. The minimum absolute atomic E-state index is 0.253. The van der Waals surface area contributed by atoms with Gasteiger partial charge in [0.05, 0.1) is 7.11 Å². The number of carbonyl (C=O) groups excluding carboxylic acids is 1. The van der Waals surface area contributed by atoms with Gasteiger partial charge in [-0.15, -0.1) is 0 Å². The van der Waals surface area contributed by atoms with Gasteiger partial charge in [-0.1, -0.05) is 22.9 Å². The summed E-state index contributed by atoms with van der Waals surface area (Å²) in [6.07, 6.45) is -0.394. The van der Waals surface area contributed by atoms with Crippen molar-refractivity contribution in [1.82, 2.24) is 9.44 Å². The largest absolute Gasteiger partial charge is 0.452 e. The van der Waals surface area contributed by atoms with Gasteiger partial charge in [0.15, 0.2) is 0 Å². The molecular formula is C6H13BrN2O4S. The summed E-state index contributed by atoms with van der Waals surface area (Å²) < 4.78 is 30.5. The predicted octanol–water partition coefficient (Wildman–Crippen LogP) is 0.350. The molecule has 0 bridgehead atoms. The molecule has 0 aromatic rings. The summed E-state index contributed by atoms with van der Waals surface area (Å²) in [5.74, 6) is 0. The van der Waals surface area contributed by atoms with E-state index in [9.17, 15) is 13.2 Å². The maximum Gasteiger partial charge on any atom is 0.421 e. The van der Waals surface area contributed by atoms with Gasteiger partial charge in [-0.2, -0.15) is 13.1 Å². The van der Waals surface area contributed by atoms with Crippen molar-refractivity contribution in [2.45, 2.75) is 19.4 Å². The lowest BCUT2D eigenvalue weighted by Gasteiger charge is -2.13. The number of hydrogen-bond acceptors (Lipinski definition) is 4. The standard InChI is InChI=1S/C6H13BrN2O4S/c1-3-5(4-7)8-14(11,12)9-6(10)13-2/h5,8H,3-4H2,1-2H3,(H,9,10). The first-order valence-corrected chi connectivity index (χ1v) is 6.49. The van der Waals surface area contributed by atoms with Crippen LogP contribution in [0.3, 0.4) is 0 Å². The number of alkyl halides is 1. The van der Waals surface area contributed by atoms with E-state index in [0.29, 0.717) is 11.8 Å². The summed E-state index contributed by atoms with van der Waals surface area (Å²) >= 11 is 3.14. The molecule has 1 unspecified atom stereocenters. The SMILES string of the molecule is CCC(CBr)NS(=O)(=O)NC(=O)OC. The molecule has 0 aromatic carbocycles. The van der Waals surface area contributed by atoms with Crippen LogP contribution in [0.5, 0.6) is 0 Å². The van der Waals surface area contributed by atoms with Gasteiger partial charge in [0.1, 0.15) is 0 Å². The van der Waals surface area contributed by atoms with E-state index in [1.807, 2.05) is 6.92 Å². The third-order valence-corrected chi connectivity index (χ3v) is 3.26. The number of ether oxygens (including phenoxy) is 1. The molecule has 0 spiro atoms. The van der Waals surface area contributed by atoms with Crippen molar-refractivity contribution in [3.8, 4) is 0 Å². The molecule has 0 aliphatic heterocycles. The fraction of sp³-hybridized carbons (Fsp3) is 0.833. The fourth-order valence-electron chi connectivity index (χ4n) is 0.624. The first kappa shape index (κ1) is 13.7. The Morgan fingerprint density at radius 3 is 2.50 bits per heavy atom. The summed E-state index contributed by atoms with van der Waals surface area (Å²) in [6.45, 7) is 1.83. The number of rotatable bonds is 5. The number of hydrogen-bond donors (Lipinski definition) is 2. The van der Waals surface area contributed by atoms with Crippen LogP contribution in [0.1, 0.15) is 13.3 Å². The van der Waals surface area contributed by atoms with Crippen LogP contribution in [-0.4, -0.2) is 33.0 Å².